The highest BCUT2D eigenvalue weighted by atomic mass is 32.1. The van der Waals surface area contributed by atoms with E-state index in [1.54, 1.807) is 22.7 Å². The quantitative estimate of drug-likeness (QED) is 0.428. The van der Waals surface area contributed by atoms with Crippen LogP contribution in [0, 0.1) is 6.92 Å². The summed E-state index contributed by atoms with van der Waals surface area (Å²) in [6.45, 7) is 4.22. The van der Waals surface area contributed by atoms with Crippen molar-refractivity contribution in [2.45, 2.75) is 20.3 Å². The van der Waals surface area contributed by atoms with Gasteiger partial charge in [0.25, 0.3) is 0 Å². The van der Waals surface area contributed by atoms with Crippen molar-refractivity contribution in [3.05, 3.63) is 71.2 Å². The number of benzene rings is 2. The third-order valence-corrected chi connectivity index (χ3v) is 6.18. The lowest BCUT2D eigenvalue weighted by molar-refractivity contribution is 1.14. The number of aryl methyl sites for hydroxylation is 2. The molecule has 4 rings (SSSR count). The molecule has 0 saturated carbocycles. The molecule has 4 aromatic rings. The highest BCUT2D eigenvalue weighted by Gasteiger charge is 2.14. The predicted molar refractivity (Wildman–Crippen MR) is 112 cm³/mol. The van der Waals surface area contributed by atoms with Crippen LogP contribution in [0.25, 0.3) is 21.1 Å². The smallest absolute Gasteiger partial charge is 0.187 e. The fourth-order valence-corrected chi connectivity index (χ4v) is 4.66. The van der Waals surface area contributed by atoms with Gasteiger partial charge >= 0.3 is 0 Å². The molecule has 3 nitrogen and oxygen atoms in total. The van der Waals surface area contributed by atoms with Gasteiger partial charge in [-0.05, 0) is 25.0 Å². The monoisotopic (exact) mass is 377 g/mol. The minimum Gasteiger partial charge on any atom is -0.331 e. The first-order valence-corrected chi connectivity index (χ1v) is 10.3. The van der Waals surface area contributed by atoms with E-state index in [0.29, 0.717) is 0 Å². The number of thiazole rings is 2. The van der Waals surface area contributed by atoms with Crippen LogP contribution in [0.5, 0.6) is 0 Å². The first kappa shape index (κ1) is 16.9. The molecule has 0 unspecified atom stereocenters. The topological polar surface area (TPSA) is 37.8 Å². The molecule has 0 aliphatic carbocycles. The van der Waals surface area contributed by atoms with E-state index in [1.165, 1.54) is 5.56 Å². The normalized spacial score (nSPS) is 10.8. The van der Waals surface area contributed by atoms with Crippen molar-refractivity contribution in [2.75, 3.05) is 5.32 Å². The molecule has 5 heteroatoms. The average Bonchev–Trinajstić information content (AvgIpc) is 3.29. The second kappa shape index (κ2) is 7.40. The van der Waals surface area contributed by atoms with E-state index in [2.05, 4.69) is 60.9 Å². The Morgan fingerprint density at radius 1 is 0.962 bits per heavy atom. The molecule has 0 radical (unpaired) electrons. The van der Waals surface area contributed by atoms with Gasteiger partial charge in [0.2, 0.25) is 0 Å². The summed E-state index contributed by atoms with van der Waals surface area (Å²) >= 11 is 3.33. The number of hydrogen-bond acceptors (Lipinski definition) is 5. The minimum atomic E-state index is 0.912. The van der Waals surface area contributed by atoms with E-state index < -0.39 is 0 Å². The average molecular weight is 378 g/mol. The van der Waals surface area contributed by atoms with E-state index in [-0.39, 0.29) is 0 Å². The highest BCUT2D eigenvalue weighted by molar-refractivity contribution is 7.19. The SMILES string of the molecule is CCc1ccccc1Nc1nc(-c2sc(-c3ccccc3)nc2C)cs1. The number of nitrogens with one attached hydrogen (secondary N) is 1. The summed E-state index contributed by atoms with van der Waals surface area (Å²) in [5, 5.41) is 7.52. The second-order valence-corrected chi connectivity index (χ2v) is 7.83. The van der Waals surface area contributed by atoms with E-state index >= 15 is 0 Å². The summed E-state index contributed by atoms with van der Waals surface area (Å²) in [7, 11) is 0. The van der Waals surface area contributed by atoms with Gasteiger partial charge in [-0.3, -0.25) is 0 Å². The minimum absolute atomic E-state index is 0.912. The molecule has 26 heavy (non-hydrogen) atoms. The van der Waals surface area contributed by atoms with E-state index in [9.17, 15) is 0 Å². The van der Waals surface area contributed by atoms with Crippen LogP contribution in [0.15, 0.2) is 60.0 Å². The zero-order valence-electron chi connectivity index (χ0n) is 14.7. The second-order valence-electron chi connectivity index (χ2n) is 5.97. The van der Waals surface area contributed by atoms with Gasteiger partial charge in [-0.25, -0.2) is 9.97 Å². The molecule has 2 aromatic carbocycles. The summed E-state index contributed by atoms with van der Waals surface area (Å²) in [4.78, 5) is 10.7. The molecule has 0 spiro atoms. The molecular formula is C21H19N3S2. The third-order valence-electron chi connectivity index (χ3n) is 4.19. The van der Waals surface area contributed by atoms with E-state index in [1.807, 2.05) is 18.2 Å². The number of nitrogens with zero attached hydrogens (tertiary/aromatic N) is 2. The first-order chi connectivity index (χ1) is 12.7. The molecule has 0 aliphatic heterocycles. The first-order valence-electron chi connectivity index (χ1n) is 8.58. The summed E-state index contributed by atoms with van der Waals surface area (Å²) in [6, 6.07) is 18.7. The standard InChI is InChI=1S/C21H19N3S2/c1-3-15-9-7-8-12-17(15)23-21-24-18(13-25-21)19-14(2)22-20(26-19)16-10-5-4-6-11-16/h4-13H,3H2,1-2H3,(H,23,24). The zero-order valence-corrected chi connectivity index (χ0v) is 16.3. The van der Waals surface area contributed by atoms with Gasteiger partial charge in [0, 0.05) is 16.6 Å². The molecular weight excluding hydrogens is 358 g/mol. The molecule has 2 heterocycles. The molecule has 0 aliphatic rings. The van der Waals surface area contributed by atoms with Crippen molar-refractivity contribution in [2.24, 2.45) is 0 Å². The van der Waals surface area contributed by atoms with E-state index in [0.717, 1.165) is 44.1 Å². The number of aromatic nitrogens is 2. The van der Waals surface area contributed by atoms with Gasteiger partial charge in [-0.1, -0.05) is 55.5 Å². The maximum Gasteiger partial charge on any atom is 0.187 e. The van der Waals surface area contributed by atoms with Crippen LogP contribution < -0.4 is 5.32 Å². The molecule has 1 N–H and O–H groups in total. The van der Waals surface area contributed by atoms with Gasteiger partial charge in [-0.2, -0.15) is 0 Å². The van der Waals surface area contributed by atoms with Gasteiger partial charge in [0.05, 0.1) is 16.3 Å². The maximum absolute atomic E-state index is 4.80. The summed E-state index contributed by atoms with van der Waals surface area (Å²) < 4.78 is 0. The number of rotatable bonds is 5. The molecule has 0 saturated heterocycles. The Hall–Kier alpha value is -2.50. The highest BCUT2D eigenvalue weighted by Crippen LogP contribution is 2.37. The zero-order chi connectivity index (χ0) is 17.9. The largest absolute Gasteiger partial charge is 0.331 e. The van der Waals surface area contributed by atoms with Crippen LogP contribution in [0.4, 0.5) is 10.8 Å². The van der Waals surface area contributed by atoms with Gasteiger partial charge in [0.15, 0.2) is 5.13 Å². The summed E-state index contributed by atoms with van der Waals surface area (Å²) in [5.74, 6) is 0. The Morgan fingerprint density at radius 2 is 1.73 bits per heavy atom. The number of hydrogen-bond donors (Lipinski definition) is 1. The third kappa shape index (κ3) is 3.41. The van der Waals surface area contributed by atoms with Crippen molar-refractivity contribution in [1.29, 1.82) is 0 Å². The Kier molecular flexibility index (Phi) is 4.82. The van der Waals surface area contributed by atoms with Crippen LogP contribution in [0.1, 0.15) is 18.2 Å². The van der Waals surface area contributed by atoms with E-state index in [4.69, 9.17) is 9.97 Å². The Bertz CT molecular complexity index is 1020. The fraction of sp³-hybridized carbons (Fsp3) is 0.143. The number of para-hydroxylation sites is 1. The Morgan fingerprint density at radius 3 is 2.54 bits per heavy atom. The lowest BCUT2D eigenvalue weighted by Gasteiger charge is -2.07. The maximum atomic E-state index is 4.80. The van der Waals surface area contributed by atoms with Crippen molar-refractivity contribution >= 4 is 33.5 Å². The fourth-order valence-electron chi connectivity index (χ4n) is 2.84. The van der Waals surface area contributed by atoms with Crippen molar-refractivity contribution < 1.29 is 0 Å². The molecule has 0 amide bonds. The van der Waals surface area contributed by atoms with Crippen LogP contribution in [0.3, 0.4) is 0 Å². The molecule has 0 bridgehead atoms. The molecule has 0 atom stereocenters. The molecule has 130 valence electrons. The van der Waals surface area contributed by atoms with Gasteiger partial charge in [-0.15, -0.1) is 22.7 Å². The van der Waals surface area contributed by atoms with Crippen molar-refractivity contribution in [1.82, 2.24) is 9.97 Å². The summed E-state index contributed by atoms with van der Waals surface area (Å²) in [6.07, 6.45) is 0.996. The lowest BCUT2D eigenvalue weighted by atomic mass is 10.1. The Balaban J connectivity index is 1.61. The van der Waals surface area contributed by atoms with Crippen molar-refractivity contribution in [3.8, 4) is 21.1 Å². The summed E-state index contributed by atoms with van der Waals surface area (Å²) in [5.41, 5.74) is 5.59. The van der Waals surface area contributed by atoms with Gasteiger partial charge in [0.1, 0.15) is 5.01 Å². The number of anilines is 2. The molecule has 0 fully saturated rings. The molecule has 2 aromatic heterocycles. The predicted octanol–water partition coefficient (Wildman–Crippen LogP) is 6.55. The Labute approximate surface area is 161 Å². The van der Waals surface area contributed by atoms with Crippen LogP contribution in [-0.4, -0.2) is 9.97 Å². The van der Waals surface area contributed by atoms with Crippen LogP contribution >= 0.6 is 22.7 Å². The van der Waals surface area contributed by atoms with Gasteiger partial charge < -0.3 is 5.32 Å². The van der Waals surface area contributed by atoms with Crippen molar-refractivity contribution in [3.63, 3.8) is 0 Å². The van der Waals surface area contributed by atoms with Crippen LogP contribution in [-0.2, 0) is 6.42 Å². The van der Waals surface area contributed by atoms with Crippen LogP contribution in [0.2, 0.25) is 0 Å². The lowest BCUT2D eigenvalue weighted by Crippen LogP contribution is -1.94.